The number of carbonyl (C=O) groups excluding carboxylic acids is 1. The number of nitrogens with zero attached hydrogens (tertiary/aromatic N) is 4. The topological polar surface area (TPSA) is 133 Å². The van der Waals surface area contributed by atoms with E-state index in [1.807, 2.05) is 36.4 Å². The van der Waals surface area contributed by atoms with Gasteiger partial charge in [0.15, 0.2) is 5.82 Å². The number of imidazole rings is 1. The van der Waals surface area contributed by atoms with Crippen molar-refractivity contribution in [1.29, 1.82) is 0 Å². The molecule has 0 aliphatic heterocycles. The molecule has 5 rings (SSSR count). The highest BCUT2D eigenvalue weighted by molar-refractivity contribution is 6.27. The van der Waals surface area contributed by atoms with Gasteiger partial charge in [-0.1, -0.05) is 30.3 Å². The first kappa shape index (κ1) is 31.3. The van der Waals surface area contributed by atoms with Crippen molar-refractivity contribution < 1.29 is 24.2 Å². The Hall–Kier alpha value is -3.60. The molecule has 2 aromatic carbocycles. The van der Waals surface area contributed by atoms with Crippen LogP contribution in [-0.4, -0.2) is 68.2 Å². The second-order valence-corrected chi connectivity index (χ2v) is 10.6. The number of aliphatic carboxylic acids is 1. The summed E-state index contributed by atoms with van der Waals surface area (Å²) in [6.45, 7) is 1.88. The molecule has 0 unspecified atom stereocenters. The van der Waals surface area contributed by atoms with Crippen molar-refractivity contribution in [3.63, 3.8) is 0 Å². The predicted octanol–water partition coefficient (Wildman–Crippen LogP) is 4.82. The minimum Gasteiger partial charge on any atom is -0.478 e. The Morgan fingerprint density at radius 3 is 2.64 bits per heavy atom. The van der Waals surface area contributed by atoms with Crippen molar-refractivity contribution in [3.8, 4) is 5.75 Å². The molecule has 3 N–H and O–H groups in total. The van der Waals surface area contributed by atoms with Crippen LogP contribution in [0.5, 0.6) is 5.75 Å². The molecular weight excluding hydrogens is 581 g/mol. The third-order valence-electron chi connectivity index (χ3n) is 7.63. The fourth-order valence-corrected chi connectivity index (χ4v) is 5.51. The lowest BCUT2D eigenvalue weighted by molar-refractivity contribution is -0.163. The number of nitrogen functional groups attached to an aromatic ring is 1. The summed E-state index contributed by atoms with van der Waals surface area (Å²) in [7, 11) is 1.65. The van der Waals surface area contributed by atoms with E-state index in [0.29, 0.717) is 69.0 Å². The fraction of sp³-hybridized carbons (Fsp3) is 0.400. The number of aryl methyl sites for hydroxylation is 1. The monoisotopic (exact) mass is 615 g/mol. The molecule has 2 heterocycles. The van der Waals surface area contributed by atoms with Crippen molar-refractivity contribution in [3.05, 3.63) is 59.9 Å². The summed E-state index contributed by atoms with van der Waals surface area (Å²) < 4.78 is 13.4. The highest BCUT2D eigenvalue weighted by atomic mass is 35.5. The molecule has 4 aromatic rings. The summed E-state index contributed by atoms with van der Waals surface area (Å²) >= 11 is 5.98. The molecule has 224 valence electrons. The summed E-state index contributed by atoms with van der Waals surface area (Å²) in [6, 6.07) is 15.1. The van der Waals surface area contributed by atoms with Crippen LogP contribution >= 0.6 is 24.0 Å². The smallest absolute Gasteiger partial charge is 0.348 e. The van der Waals surface area contributed by atoms with Gasteiger partial charge in [0, 0.05) is 38.6 Å². The number of methoxy groups -OCH3 is 1. The summed E-state index contributed by atoms with van der Waals surface area (Å²) in [5.74, 6) is 0.425. The van der Waals surface area contributed by atoms with Crippen LogP contribution in [-0.2, 0) is 33.8 Å². The second kappa shape index (κ2) is 13.6. The molecular formula is C30H35Cl2N5O5. The van der Waals surface area contributed by atoms with Gasteiger partial charge in [-0.15, -0.1) is 24.0 Å². The number of carbonyl (C=O) groups is 2. The number of para-hydroxylation sites is 1. The van der Waals surface area contributed by atoms with Gasteiger partial charge < -0.3 is 29.8 Å². The van der Waals surface area contributed by atoms with E-state index in [1.165, 1.54) is 0 Å². The number of hydrogen-bond donors (Lipinski definition) is 2. The van der Waals surface area contributed by atoms with Crippen LogP contribution in [0, 0.1) is 0 Å². The van der Waals surface area contributed by atoms with E-state index in [-0.39, 0.29) is 24.2 Å². The van der Waals surface area contributed by atoms with Crippen LogP contribution in [0.3, 0.4) is 0 Å². The lowest BCUT2D eigenvalue weighted by Gasteiger charge is -2.37. The predicted molar refractivity (Wildman–Crippen MR) is 164 cm³/mol. The third-order valence-corrected chi connectivity index (χ3v) is 7.86. The summed E-state index contributed by atoms with van der Waals surface area (Å²) in [4.78, 5) is 35.7. The van der Waals surface area contributed by atoms with E-state index in [4.69, 9.17) is 31.8 Å². The van der Waals surface area contributed by atoms with Crippen molar-refractivity contribution in [2.75, 3.05) is 31.9 Å². The zero-order chi connectivity index (χ0) is 29.0. The summed E-state index contributed by atoms with van der Waals surface area (Å²) in [6.07, 6.45) is 3.03. The van der Waals surface area contributed by atoms with Crippen molar-refractivity contribution in [2.45, 2.75) is 50.8 Å². The van der Waals surface area contributed by atoms with Crippen LogP contribution in [0.4, 0.5) is 5.82 Å². The van der Waals surface area contributed by atoms with Gasteiger partial charge in [0.1, 0.15) is 23.0 Å². The number of amides is 1. The standard InChI is InChI=1S/C30H34ClN5O5.ClH/c1-40-16-11-24-34-26-27(22-9-2-3-10-23(22)33-28(26)32)36(24)15-6-14-35(25(37)18-31)19-20-7-4-8-21(17-20)41-30(29(38)39)12-5-13-30;/h2-4,7-10,17H,5-6,11-16,18-19H2,1H3,(H2,32,33)(H,38,39);1H. The minimum atomic E-state index is -1.17. The van der Waals surface area contributed by atoms with Gasteiger partial charge in [-0.05, 0) is 49.4 Å². The van der Waals surface area contributed by atoms with E-state index in [0.717, 1.165) is 34.2 Å². The summed E-state index contributed by atoms with van der Waals surface area (Å²) in [5.41, 5.74) is 8.35. The maximum Gasteiger partial charge on any atom is 0.348 e. The number of rotatable bonds is 13. The number of pyridine rings is 1. The Morgan fingerprint density at radius 1 is 1.17 bits per heavy atom. The Bertz CT molecular complexity index is 1570. The van der Waals surface area contributed by atoms with Crippen LogP contribution in [0.2, 0.25) is 0 Å². The van der Waals surface area contributed by atoms with Gasteiger partial charge in [0.05, 0.1) is 17.6 Å². The van der Waals surface area contributed by atoms with Gasteiger partial charge in [0.2, 0.25) is 11.5 Å². The van der Waals surface area contributed by atoms with E-state index < -0.39 is 11.6 Å². The Balaban J connectivity index is 0.00000405. The number of benzene rings is 2. The fourth-order valence-electron chi connectivity index (χ4n) is 5.34. The van der Waals surface area contributed by atoms with E-state index >= 15 is 0 Å². The van der Waals surface area contributed by atoms with Crippen molar-refractivity contribution >= 4 is 63.6 Å². The highest BCUT2D eigenvalue weighted by Crippen LogP contribution is 2.37. The lowest BCUT2D eigenvalue weighted by atomic mass is 9.80. The van der Waals surface area contributed by atoms with Gasteiger partial charge in [-0.25, -0.2) is 14.8 Å². The Kier molecular flexibility index (Phi) is 10.1. The molecule has 2 aromatic heterocycles. The van der Waals surface area contributed by atoms with Gasteiger partial charge in [-0.2, -0.15) is 0 Å². The number of carboxylic acids is 1. The molecule has 0 radical (unpaired) electrons. The van der Waals surface area contributed by atoms with E-state index in [1.54, 1.807) is 24.1 Å². The van der Waals surface area contributed by atoms with Crippen LogP contribution < -0.4 is 10.5 Å². The molecule has 42 heavy (non-hydrogen) atoms. The zero-order valence-electron chi connectivity index (χ0n) is 23.4. The average Bonchev–Trinajstić information content (AvgIpc) is 3.32. The normalized spacial score (nSPS) is 13.9. The lowest BCUT2D eigenvalue weighted by Crippen LogP contribution is -2.50. The zero-order valence-corrected chi connectivity index (χ0v) is 25.0. The molecule has 1 fully saturated rings. The molecule has 1 saturated carbocycles. The number of halogens is 2. The number of nitrogens with two attached hydrogens (primary N) is 1. The number of hydrogen-bond acceptors (Lipinski definition) is 7. The van der Waals surface area contributed by atoms with Crippen LogP contribution in [0.1, 0.15) is 37.1 Å². The van der Waals surface area contributed by atoms with Gasteiger partial charge >= 0.3 is 5.97 Å². The number of ether oxygens (including phenoxy) is 2. The second-order valence-electron chi connectivity index (χ2n) is 10.3. The van der Waals surface area contributed by atoms with Crippen molar-refractivity contribution in [2.24, 2.45) is 0 Å². The Morgan fingerprint density at radius 2 is 1.95 bits per heavy atom. The Labute approximate surface area is 255 Å². The minimum absolute atomic E-state index is 0. The number of fused-ring (bicyclic) bond motifs is 3. The maximum atomic E-state index is 12.8. The molecule has 1 aliphatic carbocycles. The van der Waals surface area contributed by atoms with Gasteiger partial charge in [-0.3, -0.25) is 4.79 Å². The van der Waals surface area contributed by atoms with Crippen LogP contribution in [0.15, 0.2) is 48.5 Å². The largest absolute Gasteiger partial charge is 0.478 e. The first-order valence-electron chi connectivity index (χ1n) is 13.7. The molecule has 12 heteroatoms. The molecule has 0 saturated heterocycles. The first-order chi connectivity index (χ1) is 19.8. The highest BCUT2D eigenvalue weighted by Gasteiger charge is 2.47. The molecule has 1 amide bonds. The molecule has 0 atom stereocenters. The SMILES string of the molecule is COCCc1nc2c(N)nc3ccccc3c2n1CCCN(Cc1cccc(OC2(C(=O)O)CCC2)c1)C(=O)CCl.Cl. The molecule has 0 bridgehead atoms. The number of aromatic nitrogens is 3. The maximum absolute atomic E-state index is 12.8. The third kappa shape index (κ3) is 6.40. The molecule has 1 aliphatic rings. The van der Waals surface area contributed by atoms with Crippen LogP contribution in [0.25, 0.3) is 21.9 Å². The quantitative estimate of drug-likeness (QED) is 0.204. The van der Waals surface area contributed by atoms with Crippen molar-refractivity contribution in [1.82, 2.24) is 19.4 Å². The van der Waals surface area contributed by atoms with E-state index in [9.17, 15) is 14.7 Å². The number of alkyl halides is 1. The summed E-state index contributed by atoms with van der Waals surface area (Å²) in [5, 5.41) is 10.6. The average molecular weight is 617 g/mol. The van der Waals surface area contributed by atoms with Gasteiger partial charge in [0.25, 0.3) is 0 Å². The molecule has 0 spiro atoms. The molecule has 10 nitrogen and oxygen atoms in total. The number of carboxylic acid groups (broad SMARTS) is 1. The number of anilines is 1. The first-order valence-corrected chi connectivity index (χ1v) is 14.3. The van der Waals surface area contributed by atoms with E-state index in [2.05, 4.69) is 9.55 Å².